The quantitative estimate of drug-likeness (QED) is 0.801. The first kappa shape index (κ1) is 13.8. The molecule has 5 heteroatoms. The number of nitrogens with two attached hydrogens (primary N) is 1. The van der Waals surface area contributed by atoms with Crippen LogP contribution in [0.5, 0.6) is 0 Å². The third kappa shape index (κ3) is 2.69. The molecule has 0 aliphatic carbocycles. The standard InChI is InChI=1S/C16H18N4S/c1-16(2,15-4-3-7-21-15)10-20-11-19-9-14(20)12-8-18-6-5-13(12)17/h3-9,11H,10H2,1-2H3,(H2,17,18). The van der Waals surface area contributed by atoms with Gasteiger partial charge in [0.25, 0.3) is 0 Å². The summed E-state index contributed by atoms with van der Waals surface area (Å²) in [5, 5.41) is 2.12. The highest BCUT2D eigenvalue weighted by Crippen LogP contribution is 2.32. The Labute approximate surface area is 128 Å². The molecule has 0 aromatic carbocycles. The van der Waals surface area contributed by atoms with Gasteiger partial charge in [0.1, 0.15) is 0 Å². The van der Waals surface area contributed by atoms with E-state index in [4.69, 9.17) is 5.73 Å². The molecule has 0 bridgehead atoms. The second-order valence-electron chi connectivity index (χ2n) is 5.73. The number of hydrogen-bond donors (Lipinski definition) is 1. The summed E-state index contributed by atoms with van der Waals surface area (Å²) in [4.78, 5) is 9.82. The minimum atomic E-state index is 0.0422. The smallest absolute Gasteiger partial charge is 0.0951 e. The molecule has 0 saturated carbocycles. The van der Waals surface area contributed by atoms with Gasteiger partial charge in [0.2, 0.25) is 0 Å². The van der Waals surface area contributed by atoms with Gasteiger partial charge in [-0.2, -0.15) is 0 Å². The Morgan fingerprint density at radius 1 is 1.24 bits per heavy atom. The van der Waals surface area contributed by atoms with E-state index in [0.717, 1.165) is 23.5 Å². The lowest BCUT2D eigenvalue weighted by atomic mass is 9.91. The Kier molecular flexibility index (Phi) is 3.51. The number of hydrogen-bond acceptors (Lipinski definition) is 4. The third-order valence-corrected chi connectivity index (χ3v) is 4.83. The molecule has 0 radical (unpaired) electrons. The molecule has 0 aliphatic rings. The maximum Gasteiger partial charge on any atom is 0.0951 e. The van der Waals surface area contributed by atoms with Gasteiger partial charge in [-0.25, -0.2) is 4.98 Å². The van der Waals surface area contributed by atoms with Gasteiger partial charge in [-0.05, 0) is 17.5 Å². The third-order valence-electron chi connectivity index (χ3n) is 3.60. The van der Waals surface area contributed by atoms with Crippen molar-refractivity contribution in [2.75, 3.05) is 5.73 Å². The van der Waals surface area contributed by atoms with E-state index >= 15 is 0 Å². The zero-order valence-corrected chi connectivity index (χ0v) is 13.0. The van der Waals surface area contributed by atoms with E-state index in [9.17, 15) is 0 Å². The molecule has 4 nitrogen and oxygen atoms in total. The Morgan fingerprint density at radius 2 is 2.10 bits per heavy atom. The number of thiophene rings is 1. The summed E-state index contributed by atoms with van der Waals surface area (Å²) >= 11 is 1.79. The first-order chi connectivity index (χ1) is 10.1. The lowest BCUT2D eigenvalue weighted by Gasteiger charge is -2.25. The number of anilines is 1. The molecule has 3 heterocycles. The fourth-order valence-corrected chi connectivity index (χ4v) is 3.30. The second kappa shape index (κ2) is 5.33. The van der Waals surface area contributed by atoms with Crippen LogP contribution in [0, 0.1) is 0 Å². The second-order valence-corrected chi connectivity index (χ2v) is 6.68. The maximum absolute atomic E-state index is 6.06. The SMILES string of the molecule is CC(C)(Cn1cncc1-c1cnccc1N)c1cccs1. The molecule has 0 spiro atoms. The lowest BCUT2D eigenvalue weighted by molar-refractivity contribution is 0.445. The number of pyridine rings is 1. The highest BCUT2D eigenvalue weighted by molar-refractivity contribution is 7.10. The van der Waals surface area contributed by atoms with E-state index in [0.29, 0.717) is 0 Å². The summed E-state index contributed by atoms with van der Waals surface area (Å²) in [5.41, 5.74) is 8.76. The maximum atomic E-state index is 6.06. The predicted molar refractivity (Wildman–Crippen MR) is 87.2 cm³/mol. The van der Waals surface area contributed by atoms with Gasteiger partial charge in [0, 0.05) is 40.5 Å². The lowest BCUT2D eigenvalue weighted by Crippen LogP contribution is -2.23. The molecule has 3 rings (SSSR count). The van der Waals surface area contributed by atoms with E-state index in [-0.39, 0.29) is 5.41 Å². The van der Waals surface area contributed by atoms with Crippen LogP contribution in [0.4, 0.5) is 5.69 Å². The van der Waals surface area contributed by atoms with Crippen molar-refractivity contribution < 1.29 is 0 Å². The van der Waals surface area contributed by atoms with E-state index < -0.39 is 0 Å². The predicted octanol–water partition coefficient (Wildman–Crippen LogP) is 3.57. The molecule has 2 N–H and O–H groups in total. The van der Waals surface area contributed by atoms with Crippen LogP contribution in [-0.2, 0) is 12.0 Å². The van der Waals surface area contributed by atoms with Gasteiger partial charge in [-0.15, -0.1) is 11.3 Å². The van der Waals surface area contributed by atoms with Crippen molar-refractivity contribution in [3.05, 3.63) is 53.4 Å². The van der Waals surface area contributed by atoms with E-state index in [1.165, 1.54) is 4.88 Å². The average Bonchev–Trinajstić information content (AvgIpc) is 3.10. The zero-order chi connectivity index (χ0) is 14.9. The Balaban J connectivity index is 1.95. The summed E-state index contributed by atoms with van der Waals surface area (Å²) in [7, 11) is 0. The molecular formula is C16H18N4S. The molecule has 21 heavy (non-hydrogen) atoms. The van der Waals surface area contributed by atoms with Crippen LogP contribution < -0.4 is 5.73 Å². The molecule has 108 valence electrons. The van der Waals surface area contributed by atoms with Crippen molar-refractivity contribution in [2.45, 2.75) is 25.8 Å². The molecule has 0 amide bonds. The number of imidazole rings is 1. The summed E-state index contributed by atoms with van der Waals surface area (Å²) < 4.78 is 2.15. The molecule has 0 fully saturated rings. The number of aromatic nitrogens is 3. The van der Waals surface area contributed by atoms with Crippen LogP contribution in [0.2, 0.25) is 0 Å². The zero-order valence-electron chi connectivity index (χ0n) is 12.2. The number of nitrogens with zero attached hydrogens (tertiary/aromatic N) is 3. The van der Waals surface area contributed by atoms with Crippen molar-refractivity contribution in [2.24, 2.45) is 0 Å². The number of rotatable bonds is 4. The molecule has 0 saturated heterocycles. The van der Waals surface area contributed by atoms with Crippen LogP contribution in [-0.4, -0.2) is 14.5 Å². The Hall–Kier alpha value is -2.14. The van der Waals surface area contributed by atoms with Crippen LogP contribution in [0.1, 0.15) is 18.7 Å². The van der Waals surface area contributed by atoms with Crippen molar-refractivity contribution in [3.63, 3.8) is 0 Å². The van der Waals surface area contributed by atoms with Gasteiger partial charge in [0.05, 0.1) is 18.2 Å². The first-order valence-corrected chi connectivity index (χ1v) is 7.70. The molecule has 0 aliphatic heterocycles. The molecular weight excluding hydrogens is 280 g/mol. The topological polar surface area (TPSA) is 56.7 Å². The molecule has 0 atom stereocenters. The van der Waals surface area contributed by atoms with Crippen LogP contribution in [0.15, 0.2) is 48.5 Å². The minimum Gasteiger partial charge on any atom is -0.398 e. The van der Waals surface area contributed by atoms with Gasteiger partial charge in [-0.3, -0.25) is 4.98 Å². The van der Waals surface area contributed by atoms with Crippen molar-refractivity contribution >= 4 is 17.0 Å². The Bertz CT molecular complexity index is 728. The van der Waals surface area contributed by atoms with Crippen LogP contribution in [0.25, 0.3) is 11.3 Å². The Morgan fingerprint density at radius 3 is 2.81 bits per heavy atom. The first-order valence-electron chi connectivity index (χ1n) is 6.82. The summed E-state index contributed by atoms with van der Waals surface area (Å²) in [6.45, 7) is 5.33. The fraction of sp³-hybridized carbons (Fsp3) is 0.250. The van der Waals surface area contributed by atoms with E-state index in [2.05, 4.69) is 45.9 Å². The van der Waals surface area contributed by atoms with E-state index in [1.54, 1.807) is 23.7 Å². The fourth-order valence-electron chi connectivity index (χ4n) is 2.46. The van der Waals surface area contributed by atoms with Gasteiger partial charge < -0.3 is 10.3 Å². The van der Waals surface area contributed by atoms with Crippen LogP contribution >= 0.6 is 11.3 Å². The van der Waals surface area contributed by atoms with Gasteiger partial charge in [0.15, 0.2) is 0 Å². The van der Waals surface area contributed by atoms with Crippen molar-refractivity contribution in [3.8, 4) is 11.3 Å². The van der Waals surface area contributed by atoms with Crippen LogP contribution in [0.3, 0.4) is 0 Å². The minimum absolute atomic E-state index is 0.0422. The largest absolute Gasteiger partial charge is 0.398 e. The highest BCUT2D eigenvalue weighted by atomic mass is 32.1. The number of nitrogen functional groups attached to an aromatic ring is 1. The van der Waals surface area contributed by atoms with Crippen molar-refractivity contribution in [1.82, 2.24) is 14.5 Å². The normalized spacial score (nSPS) is 11.7. The monoisotopic (exact) mass is 298 g/mol. The summed E-state index contributed by atoms with van der Waals surface area (Å²) in [5.74, 6) is 0. The van der Waals surface area contributed by atoms with Gasteiger partial charge in [-0.1, -0.05) is 19.9 Å². The average molecular weight is 298 g/mol. The highest BCUT2D eigenvalue weighted by Gasteiger charge is 2.23. The summed E-state index contributed by atoms with van der Waals surface area (Å²) in [6.07, 6.45) is 7.20. The molecule has 3 aromatic rings. The summed E-state index contributed by atoms with van der Waals surface area (Å²) in [6, 6.07) is 6.09. The molecule has 3 aromatic heterocycles. The van der Waals surface area contributed by atoms with Gasteiger partial charge >= 0.3 is 0 Å². The van der Waals surface area contributed by atoms with Crippen molar-refractivity contribution in [1.29, 1.82) is 0 Å². The van der Waals surface area contributed by atoms with E-state index in [1.807, 2.05) is 18.6 Å². The molecule has 0 unspecified atom stereocenters.